The van der Waals surface area contributed by atoms with Crippen molar-refractivity contribution in [1.82, 2.24) is 0 Å². The van der Waals surface area contributed by atoms with E-state index in [1.807, 2.05) is 0 Å². The van der Waals surface area contributed by atoms with Crippen LogP contribution in [0.4, 0.5) is 0 Å². The van der Waals surface area contributed by atoms with E-state index in [0.29, 0.717) is 0 Å². The summed E-state index contributed by atoms with van der Waals surface area (Å²) >= 11 is 0. The van der Waals surface area contributed by atoms with Gasteiger partial charge in [0.05, 0.1) is 0 Å². The Morgan fingerprint density at radius 1 is 1.60 bits per heavy atom. The van der Waals surface area contributed by atoms with Crippen LogP contribution in [0.2, 0.25) is 0 Å². The Morgan fingerprint density at radius 3 is 2.70 bits per heavy atom. The van der Waals surface area contributed by atoms with Crippen LogP contribution in [0.3, 0.4) is 0 Å². The van der Waals surface area contributed by atoms with E-state index in [4.69, 9.17) is 0 Å². The van der Waals surface area contributed by atoms with Crippen molar-refractivity contribution in [3.63, 3.8) is 0 Å². The molecule has 4 nitrogen and oxygen atoms in total. The van der Waals surface area contributed by atoms with Gasteiger partial charge in [0.1, 0.15) is 6.61 Å². The summed E-state index contributed by atoms with van der Waals surface area (Å²) in [5.74, 6) is 5.05. The number of hydrogen-bond acceptors (Lipinski definition) is 4. The quantitative estimate of drug-likeness (QED) is 0.458. The summed E-state index contributed by atoms with van der Waals surface area (Å²) in [5, 5.41) is 0. The fourth-order valence-electron chi connectivity index (χ4n) is 0.570. The highest BCUT2D eigenvalue weighted by Gasteiger charge is 2.28. The lowest BCUT2D eigenvalue weighted by molar-refractivity contribution is 0.298. The zero-order valence-electron chi connectivity index (χ0n) is 5.33. The summed E-state index contributed by atoms with van der Waals surface area (Å²) in [6.07, 6.45) is -0.616. The first-order chi connectivity index (χ1) is 4.64. The molecule has 0 aromatic carbocycles. The minimum atomic E-state index is -3.72. The molecule has 1 aliphatic rings. The lowest BCUT2D eigenvalue weighted by Gasteiger charge is -1.90. The molecule has 0 spiro atoms. The van der Waals surface area contributed by atoms with Crippen LogP contribution >= 0.6 is 0 Å². The van der Waals surface area contributed by atoms with Crippen molar-refractivity contribution in [2.75, 3.05) is 6.61 Å². The molecule has 1 aliphatic heterocycles. The second-order valence-corrected chi connectivity index (χ2v) is 2.92. The molecular formula is C5H6O4S. The average molecular weight is 162 g/mol. The third kappa shape index (κ3) is 1.70. The van der Waals surface area contributed by atoms with Crippen molar-refractivity contribution in [1.29, 1.82) is 0 Å². The molecule has 1 rings (SSSR count). The summed E-state index contributed by atoms with van der Waals surface area (Å²) < 4.78 is 29.4. The molecule has 0 bridgehead atoms. The van der Waals surface area contributed by atoms with Crippen LogP contribution in [0.5, 0.6) is 0 Å². The van der Waals surface area contributed by atoms with E-state index in [0.717, 1.165) is 0 Å². The standard InChI is InChI=1S/C5H6O4S/c1-2-3-5-4-8-10(6,7)9-5/h5H,4H2,1H3. The third-order valence-corrected chi connectivity index (χ3v) is 1.80. The molecule has 0 saturated carbocycles. The van der Waals surface area contributed by atoms with Crippen molar-refractivity contribution in [2.45, 2.75) is 13.0 Å². The molecule has 0 aromatic heterocycles. The molecular weight excluding hydrogens is 156 g/mol. The highest BCUT2D eigenvalue weighted by molar-refractivity contribution is 7.82. The van der Waals surface area contributed by atoms with E-state index < -0.39 is 16.5 Å². The fourth-order valence-corrected chi connectivity index (χ4v) is 1.30. The molecule has 0 aliphatic carbocycles. The Morgan fingerprint density at radius 2 is 2.30 bits per heavy atom. The summed E-state index contributed by atoms with van der Waals surface area (Å²) in [5.41, 5.74) is 0. The van der Waals surface area contributed by atoms with Gasteiger partial charge in [0.2, 0.25) is 0 Å². The van der Waals surface area contributed by atoms with Crippen LogP contribution < -0.4 is 0 Å². The van der Waals surface area contributed by atoms with Crippen molar-refractivity contribution in [2.24, 2.45) is 0 Å². The highest BCUT2D eigenvalue weighted by atomic mass is 32.3. The van der Waals surface area contributed by atoms with Gasteiger partial charge in [-0.3, -0.25) is 0 Å². The Hall–Kier alpha value is -0.570. The SMILES string of the molecule is CC#CC1COS(=O)(=O)O1. The molecule has 56 valence electrons. The molecule has 10 heavy (non-hydrogen) atoms. The van der Waals surface area contributed by atoms with Crippen molar-refractivity contribution < 1.29 is 16.8 Å². The van der Waals surface area contributed by atoms with E-state index in [1.54, 1.807) is 6.92 Å². The molecule has 0 aromatic rings. The fraction of sp³-hybridized carbons (Fsp3) is 0.600. The minimum Gasteiger partial charge on any atom is -0.244 e. The van der Waals surface area contributed by atoms with Gasteiger partial charge in [-0.25, -0.2) is 8.37 Å². The van der Waals surface area contributed by atoms with Crippen LogP contribution in [0, 0.1) is 11.8 Å². The van der Waals surface area contributed by atoms with Gasteiger partial charge in [0.15, 0.2) is 6.10 Å². The van der Waals surface area contributed by atoms with Crippen LogP contribution in [0.1, 0.15) is 6.92 Å². The molecule has 0 radical (unpaired) electrons. The maximum Gasteiger partial charge on any atom is 0.401 e. The van der Waals surface area contributed by atoms with E-state index in [1.165, 1.54) is 0 Å². The number of rotatable bonds is 0. The monoisotopic (exact) mass is 162 g/mol. The van der Waals surface area contributed by atoms with Crippen LogP contribution in [-0.4, -0.2) is 21.1 Å². The zero-order valence-corrected chi connectivity index (χ0v) is 6.14. The van der Waals surface area contributed by atoms with E-state index in [-0.39, 0.29) is 6.61 Å². The highest BCUT2D eigenvalue weighted by Crippen LogP contribution is 2.10. The van der Waals surface area contributed by atoms with Gasteiger partial charge in [-0.1, -0.05) is 5.92 Å². The van der Waals surface area contributed by atoms with Crippen molar-refractivity contribution in [3.05, 3.63) is 0 Å². The summed E-state index contributed by atoms with van der Waals surface area (Å²) in [6.45, 7) is 1.61. The lowest BCUT2D eigenvalue weighted by atomic mass is 10.4. The first kappa shape index (κ1) is 7.54. The van der Waals surface area contributed by atoms with Gasteiger partial charge in [-0.2, -0.15) is 8.42 Å². The maximum absolute atomic E-state index is 10.4. The van der Waals surface area contributed by atoms with Gasteiger partial charge < -0.3 is 0 Å². The molecule has 5 heteroatoms. The van der Waals surface area contributed by atoms with E-state index >= 15 is 0 Å². The van der Waals surface area contributed by atoms with E-state index in [9.17, 15) is 8.42 Å². The first-order valence-corrected chi connectivity index (χ1v) is 3.97. The van der Waals surface area contributed by atoms with Crippen LogP contribution in [0.15, 0.2) is 0 Å². The lowest BCUT2D eigenvalue weighted by Crippen LogP contribution is -2.05. The summed E-state index contributed by atoms with van der Waals surface area (Å²) in [6, 6.07) is 0. The van der Waals surface area contributed by atoms with Gasteiger partial charge in [-0.15, -0.1) is 5.92 Å². The molecule has 0 amide bonds. The Balaban J connectivity index is 2.66. The van der Waals surface area contributed by atoms with Gasteiger partial charge >= 0.3 is 10.4 Å². The maximum atomic E-state index is 10.4. The zero-order chi connectivity index (χ0) is 7.61. The largest absolute Gasteiger partial charge is 0.401 e. The summed E-state index contributed by atoms with van der Waals surface area (Å²) in [7, 11) is -3.72. The number of hydrogen-bond donors (Lipinski definition) is 0. The molecule has 1 heterocycles. The van der Waals surface area contributed by atoms with Gasteiger partial charge in [-0.05, 0) is 6.92 Å². The minimum absolute atomic E-state index is 0.00315. The molecule has 1 atom stereocenters. The predicted molar refractivity (Wildman–Crippen MR) is 33.2 cm³/mol. The second-order valence-electron chi connectivity index (χ2n) is 1.67. The topological polar surface area (TPSA) is 52.6 Å². The first-order valence-electron chi connectivity index (χ1n) is 2.64. The molecule has 1 saturated heterocycles. The van der Waals surface area contributed by atoms with Gasteiger partial charge in [0.25, 0.3) is 0 Å². The van der Waals surface area contributed by atoms with Crippen molar-refractivity contribution >= 4 is 10.4 Å². The van der Waals surface area contributed by atoms with Crippen LogP contribution in [0.25, 0.3) is 0 Å². The predicted octanol–water partition coefficient (Wildman–Crippen LogP) is -0.330. The summed E-state index contributed by atoms with van der Waals surface area (Å²) in [4.78, 5) is 0. The molecule has 1 fully saturated rings. The second kappa shape index (κ2) is 2.58. The molecule has 1 unspecified atom stereocenters. The van der Waals surface area contributed by atoms with Gasteiger partial charge in [0, 0.05) is 0 Å². The van der Waals surface area contributed by atoms with E-state index in [2.05, 4.69) is 20.2 Å². The molecule has 0 N–H and O–H groups in total. The smallest absolute Gasteiger partial charge is 0.244 e. The normalized spacial score (nSPS) is 29.1. The average Bonchev–Trinajstić information content (AvgIpc) is 2.12. The van der Waals surface area contributed by atoms with Crippen LogP contribution in [-0.2, 0) is 18.8 Å². The van der Waals surface area contributed by atoms with Crippen molar-refractivity contribution in [3.8, 4) is 11.8 Å². The Labute approximate surface area is 59.5 Å². The Bertz CT molecular complexity index is 268. The third-order valence-electron chi connectivity index (χ3n) is 0.903. The Kier molecular flexibility index (Phi) is 1.94.